The number of esters is 1. The normalized spacial score (nSPS) is 20.8. The lowest BCUT2D eigenvalue weighted by Crippen LogP contribution is -2.59. The van der Waals surface area contributed by atoms with Gasteiger partial charge in [0.05, 0.1) is 19.8 Å². The topological polar surface area (TPSA) is 135 Å². The summed E-state index contributed by atoms with van der Waals surface area (Å²) in [4.78, 5) is 12.7. The summed E-state index contributed by atoms with van der Waals surface area (Å²) in [6, 6.07) is 0. The quantitative estimate of drug-likeness (QED) is 0.0272. The molecule has 1 heterocycles. The van der Waals surface area contributed by atoms with Gasteiger partial charge in [0.1, 0.15) is 30.5 Å². The second-order valence-electron chi connectivity index (χ2n) is 15.8. The number of rotatable bonds is 39. The van der Waals surface area contributed by atoms with Crippen LogP contribution in [0.3, 0.4) is 0 Å². The van der Waals surface area contributed by atoms with Crippen molar-refractivity contribution in [1.29, 1.82) is 0 Å². The van der Waals surface area contributed by atoms with Gasteiger partial charge in [-0.1, -0.05) is 178 Å². The monoisotopic (exact) mass is 807 g/mol. The molecule has 0 amide bonds. The number of ether oxygens (including phenoxy) is 4. The Morgan fingerprint density at radius 3 is 1.61 bits per heavy atom. The lowest BCUT2D eigenvalue weighted by Gasteiger charge is -2.39. The molecule has 57 heavy (non-hydrogen) atoms. The van der Waals surface area contributed by atoms with Crippen molar-refractivity contribution in [2.75, 3.05) is 26.4 Å². The van der Waals surface area contributed by atoms with Gasteiger partial charge in [-0.05, 0) is 51.4 Å². The van der Waals surface area contributed by atoms with Crippen LogP contribution in [-0.4, -0.2) is 89.6 Å². The smallest absolute Gasteiger partial charge is 0.306 e. The standard InChI is InChI=1S/C48H86O9/c1-3-5-7-9-11-13-14-15-16-17-18-19-20-21-22-23-24-25-26-27-28-29-30-32-34-36-38-54-40-42(56-44(50)37-35-33-31-12-10-8-6-4-2)41-55-48-47(53)46(52)45(51)43(39-49)57-48/h5,7,11,13,15-16,18-19,42-43,45-49,51-53H,3-4,6,8-10,12,14,17,20-41H2,1-2H3/b7-5-,13-11-,16-15-,19-18-. The third kappa shape index (κ3) is 30.8. The van der Waals surface area contributed by atoms with Crippen molar-refractivity contribution in [2.45, 2.75) is 224 Å². The summed E-state index contributed by atoms with van der Waals surface area (Å²) in [5.74, 6) is -0.319. The Morgan fingerprint density at radius 1 is 0.579 bits per heavy atom. The maximum Gasteiger partial charge on any atom is 0.306 e. The molecular weight excluding hydrogens is 721 g/mol. The SMILES string of the molecule is CC/C=C\C/C=C\C/C=C\C/C=C\CCCCCCCCCCCCCCCOCC(COC1OC(CO)C(O)C(O)C1O)OC(=O)CCCCCCCCCC. The van der Waals surface area contributed by atoms with Crippen molar-refractivity contribution >= 4 is 5.97 Å². The average molecular weight is 807 g/mol. The van der Waals surface area contributed by atoms with Crippen LogP contribution in [0.2, 0.25) is 0 Å². The molecule has 0 aliphatic carbocycles. The molecule has 1 saturated heterocycles. The van der Waals surface area contributed by atoms with E-state index >= 15 is 0 Å². The third-order valence-corrected chi connectivity index (χ3v) is 10.5. The Kier molecular flexibility index (Phi) is 36.9. The number of aliphatic hydroxyl groups excluding tert-OH is 4. The molecule has 9 nitrogen and oxygen atoms in total. The Balaban J connectivity index is 2.12. The van der Waals surface area contributed by atoms with Gasteiger partial charge >= 0.3 is 5.97 Å². The molecule has 4 N–H and O–H groups in total. The highest BCUT2D eigenvalue weighted by Gasteiger charge is 2.44. The zero-order valence-corrected chi connectivity index (χ0v) is 36.3. The van der Waals surface area contributed by atoms with Crippen molar-refractivity contribution in [1.82, 2.24) is 0 Å². The minimum Gasteiger partial charge on any atom is -0.457 e. The average Bonchev–Trinajstić information content (AvgIpc) is 3.21. The molecule has 9 heteroatoms. The van der Waals surface area contributed by atoms with Crippen LogP contribution in [0.4, 0.5) is 0 Å². The molecular formula is C48H86O9. The number of allylic oxidation sites excluding steroid dienone is 8. The van der Waals surface area contributed by atoms with Crippen molar-refractivity contribution in [3.05, 3.63) is 48.6 Å². The summed E-state index contributed by atoms with van der Waals surface area (Å²) >= 11 is 0. The van der Waals surface area contributed by atoms with E-state index in [1.54, 1.807) is 0 Å². The highest BCUT2D eigenvalue weighted by Crippen LogP contribution is 2.22. The number of hydrogen-bond acceptors (Lipinski definition) is 9. The van der Waals surface area contributed by atoms with Crippen LogP contribution in [-0.2, 0) is 23.7 Å². The molecule has 0 spiro atoms. The summed E-state index contributed by atoms with van der Waals surface area (Å²) in [5.41, 5.74) is 0. The van der Waals surface area contributed by atoms with Gasteiger partial charge in [0, 0.05) is 13.0 Å². The summed E-state index contributed by atoms with van der Waals surface area (Å²) in [6.07, 6.45) is 41.6. The van der Waals surface area contributed by atoms with Crippen molar-refractivity contribution in [3.8, 4) is 0 Å². The Morgan fingerprint density at radius 2 is 1.07 bits per heavy atom. The molecule has 1 fully saturated rings. The highest BCUT2D eigenvalue weighted by atomic mass is 16.7. The molecule has 0 aromatic carbocycles. The molecule has 332 valence electrons. The largest absolute Gasteiger partial charge is 0.457 e. The first kappa shape index (κ1) is 53.2. The van der Waals surface area contributed by atoms with Crippen molar-refractivity contribution in [2.24, 2.45) is 0 Å². The molecule has 0 aromatic rings. The van der Waals surface area contributed by atoms with Crippen LogP contribution >= 0.6 is 0 Å². The zero-order valence-electron chi connectivity index (χ0n) is 36.3. The van der Waals surface area contributed by atoms with Gasteiger partial charge in [-0.2, -0.15) is 0 Å². The van der Waals surface area contributed by atoms with E-state index in [1.807, 2.05) is 0 Å². The third-order valence-electron chi connectivity index (χ3n) is 10.5. The number of aliphatic hydroxyl groups is 4. The number of carbonyl (C=O) groups is 1. The Labute approximate surface area is 348 Å². The van der Waals surface area contributed by atoms with Crippen molar-refractivity contribution < 1.29 is 44.2 Å². The molecule has 6 unspecified atom stereocenters. The molecule has 0 radical (unpaired) electrons. The first-order chi connectivity index (χ1) is 27.9. The molecule has 0 saturated carbocycles. The van der Waals surface area contributed by atoms with Crippen LogP contribution in [0.25, 0.3) is 0 Å². The van der Waals surface area contributed by atoms with E-state index in [0.717, 1.165) is 57.8 Å². The maximum atomic E-state index is 12.7. The lowest BCUT2D eigenvalue weighted by atomic mass is 9.99. The van der Waals surface area contributed by atoms with Crippen molar-refractivity contribution in [3.63, 3.8) is 0 Å². The molecule has 6 atom stereocenters. The summed E-state index contributed by atoms with van der Waals surface area (Å²) in [7, 11) is 0. The van der Waals surface area contributed by atoms with E-state index in [1.165, 1.54) is 109 Å². The zero-order chi connectivity index (χ0) is 41.4. The second-order valence-corrected chi connectivity index (χ2v) is 15.8. The Bertz CT molecular complexity index is 1010. The fraction of sp³-hybridized carbons (Fsp3) is 0.812. The van der Waals surface area contributed by atoms with Gasteiger partial charge in [0.25, 0.3) is 0 Å². The van der Waals surface area contributed by atoms with E-state index in [2.05, 4.69) is 62.5 Å². The number of carbonyl (C=O) groups excluding carboxylic acids is 1. The number of unbranched alkanes of at least 4 members (excludes halogenated alkanes) is 20. The highest BCUT2D eigenvalue weighted by molar-refractivity contribution is 5.69. The first-order valence-electron chi connectivity index (χ1n) is 23.2. The number of hydrogen-bond donors (Lipinski definition) is 4. The van der Waals surface area contributed by atoms with E-state index in [-0.39, 0.29) is 19.2 Å². The lowest BCUT2D eigenvalue weighted by molar-refractivity contribution is -0.305. The minimum atomic E-state index is -1.53. The minimum absolute atomic E-state index is 0.113. The van der Waals surface area contributed by atoms with Gasteiger partial charge in [-0.3, -0.25) is 4.79 Å². The molecule has 1 aliphatic rings. The van der Waals surface area contributed by atoms with Gasteiger partial charge in [0.2, 0.25) is 0 Å². The van der Waals surface area contributed by atoms with Crippen LogP contribution in [0.1, 0.15) is 187 Å². The van der Waals surface area contributed by atoms with Crippen LogP contribution in [0, 0.1) is 0 Å². The van der Waals surface area contributed by atoms with E-state index < -0.39 is 43.4 Å². The van der Waals surface area contributed by atoms with E-state index in [9.17, 15) is 25.2 Å². The summed E-state index contributed by atoms with van der Waals surface area (Å²) in [6.45, 7) is 4.41. The van der Waals surface area contributed by atoms with Gasteiger partial charge in [-0.25, -0.2) is 0 Å². The van der Waals surface area contributed by atoms with Gasteiger partial charge in [0.15, 0.2) is 6.29 Å². The van der Waals surface area contributed by atoms with E-state index in [4.69, 9.17) is 18.9 Å². The van der Waals surface area contributed by atoms with Gasteiger partial charge in [-0.15, -0.1) is 0 Å². The predicted octanol–water partition coefficient (Wildman–Crippen LogP) is 10.5. The summed E-state index contributed by atoms with van der Waals surface area (Å²) < 4.78 is 22.7. The predicted molar refractivity (Wildman–Crippen MR) is 233 cm³/mol. The van der Waals surface area contributed by atoms with Gasteiger partial charge < -0.3 is 39.4 Å². The molecule has 0 aromatic heterocycles. The van der Waals surface area contributed by atoms with Crippen LogP contribution in [0.5, 0.6) is 0 Å². The molecule has 0 bridgehead atoms. The maximum absolute atomic E-state index is 12.7. The fourth-order valence-corrected chi connectivity index (χ4v) is 6.89. The molecule has 1 rings (SSSR count). The van der Waals surface area contributed by atoms with Crippen LogP contribution < -0.4 is 0 Å². The summed E-state index contributed by atoms with van der Waals surface area (Å²) in [5, 5.41) is 40.0. The molecule has 1 aliphatic heterocycles. The van der Waals surface area contributed by atoms with Crippen LogP contribution in [0.15, 0.2) is 48.6 Å². The fourth-order valence-electron chi connectivity index (χ4n) is 6.89. The second kappa shape index (κ2) is 39.6. The first-order valence-corrected chi connectivity index (χ1v) is 23.2. The van der Waals surface area contributed by atoms with E-state index in [0.29, 0.717) is 13.0 Å². The Hall–Kier alpha value is -1.85.